The van der Waals surface area contributed by atoms with E-state index < -0.39 is 18.1 Å². The number of amides is 2. The molecule has 0 saturated carbocycles. The van der Waals surface area contributed by atoms with E-state index in [-0.39, 0.29) is 11.8 Å². The van der Waals surface area contributed by atoms with Crippen molar-refractivity contribution in [3.63, 3.8) is 0 Å². The van der Waals surface area contributed by atoms with Gasteiger partial charge in [0.25, 0.3) is 5.91 Å². The van der Waals surface area contributed by atoms with E-state index in [2.05, 4.69) is 0 Å². The first kappa shape index (κ1) is 17.3. The number of carbonyl (C=O) groups excluding carboxylic acids is 2. The molecule has 4 rings (SSSR count). The Kier molecular flexibility index (Phi) is 4.39. The van der Waals surface area contributed by atoms with Gasteiger partial charge in [-0.2, -0.15) is 0 Å². The first-order valence-corrected chi connectivity index (χ1v) is 9.09. The van der Waals surface area contributed by atoms with Crippen molar-refractivity contribution in [2.24, 2.45) is 5.92 Å². The van der Waals surface area contributed by atoms with Crippen LogP contribution in [0.2, 0.25) is 10.0 Å². The van der Waals surface area contributed by atoms with Gasteiger partial charge in [-0.1, -0.05) is 47.5 Å². The molecule has 0 aromatic heterocycles. The summed E-state index contributed by atoms with van der Waals surface area (Å²) in [5, 5.41) is 2.56. The van der Waals surface area contributed by atoms with Gasteiger partial charge in [0.05, 0.1) is 11.7 Å². The highest BCUT2D eigenvalue weighted by molar-refractivity contribution is 6.35. The zero-order valence-corrected chi connectivity index (χ0v) is 15.4. The molecule has 3 atom stereocenters. The maximum atomic E-state index is 12.9. The molecular weight excluding hydrogens is 375 g/mol. The van der Waals surface area contributed by atoms with E-state index in [4.69, 9.17) is 28.0 Å². The summed E-state index contributed by atoms with van der Waals surface area (Å²) in [5.41, 5.74) is 1.45. The Balaban J connectivity index is 1.84. The fourth-order valence-electron chi connectivity index (χ4n) is 3.64. The minimum Gasteiger partial charge on any atom is -0.280 e. The number of fused-ring (bicyclic) bond motifs is 1. The van der Waals surface area contributed by atoms with Gasteiger partial charge in [-0.05, 0) is 36.8 Å². The number of rotatable bonds is 3. The van der Waals surface area contributed by atoms with Crippen molar-refractivity contribution in [1.82, 2.24) is 4.90 Å². The summed E-state index contributed by atoms with van der Waals surface area (Å²) < 4.78 is 0. The number of hydroxylamine groups is 1. The molecular formula is C19H16Cl2N2O3. The molecule has 5 nitrogen and oxygen atoms in total. The smallest absolute Gasteiger partial charge is 0.261 e. The summed E-state index contributed by atoms with van der Waals surface area (Å²) in [6, 6.07) is 14.0. The monoisotopic (exact) mass is 390 g/mol. The summed E-state index contributed by atoms with van der Waals surface area (Å²) in [4.78, 5) is 32.7. The largest absolute Gasteiger partial charge is 0.280 e. The van der Waals surface area contributed by atoms with Gasteiger partial charge in [-0.15, -0.1) is 0 Å². The maximum Gasteiger partial charge on any atom is 0.261 e. The summed E-state index contributed by atoms with van der Waals surface area (Å²) in [6.45, 7) is 2.09. The Bertz CT molecular complexity index is 874. The number of likely N-dealkylation sites (N-methyl/N-ethyl adjacent to an activating group) is 1. The van der Waals surface area contributed by atoms with Crippen molar-refractivity contribution in [2.75, 3.05) is 11.6 Å². The number of nitrogens with zero attached hydrogens (tertiary/aromatic N) is 2. The Morgan fingerprint density at radius 2 is 1.77 bits per heavy atom. The number of hydrogen-bond donors (Lipinski definition) is 0. The molecule has 26 heavy (non-hydrogen) atoms. The predicted octanol–water partition coefficient (Wildman–Crippen LogP) is 3.86. The number of benzene rings is 2. The highest BCUT2D eigenvalue weighted by Gasteiger charge is 2.59. The molecule has 0 N–H and O–H groups in total. The van der Waals surface area contributed by atoms with Gasteiger partial charge in [0.2, 0.25) is 5.91 Å². The lowest BCUT2D eigenvalue weighted by molar-refractivity contribution is -0.142. The van der Waals surface area contributed by atoms with E-state index in [1.165, 1.54) is 4.90 Å². The zero-order valence-electron chi connectivity index (χ0n) is 13.9. The fraction of sp³-hybridized carbons (Fsp3) is 0.263. The molecule has 0 unspecified atom stereocenters. The molecule has 2 heterocycles. The molecule has 7 heteroatoms. The second-order valence-electron chi connectivity index (χ2n) is 6.24. The fourth-order valence-corrected chi connectivity index (χ4v) is 4.16. The lowest BCUT2D eigenvalue weighted by Crippen LogP contribution is -2.37. The highest BCUT2D eigenvalue weighted by atomic mass is 35.5. The molecule has 134 valence electrons. The van der Waals surface area contributed by atoms with Crippen molar-refractivity contribution in [3.05, 3.63) is 64.1 Å². The van der Waals surface area contributed by atoms with Crippen LogP contribution in [-0.4, -0.2) is 29.4 Å². The third-order valence-electron chi connectivity index (χ3n) is 4.81. The minimum absolute atomic E-state index is 0.239. The number of hydrogen-bond acceptors (Lipinski definition) is 4. The van der Waals surface area contributed by atoms with E-state index >= 15 is 0 Å². The SMILES string of the molecule is CCN1C(=O)[C@@H]2[C@@H](c3ccc(Cl)cc3Cl)N(c3ccccc3)O[C@H]2C1=O. The Morgan fingerprint density at radius 3 is 2.42 bits per heavy atom. The van der Waals surface area contributed by atoms with E-state index in [9.17, 15) is 9.59 Å². The van der Waals surface area contributed by atoms with Gasteiger partial charge in [-0.25, -0.2) is 5.06 Å². The van der Waals surface area contributed by atoms with Crippen molar-refractivity contribution < 1.29 is 14.4 Å². The number of carbonyl (C=O) groups is 2. The van der Waals surface area contributed by atoms with Crippen molar-refractivity contribution in [3.8, 4) is 0 Å². The van der Waals surface area contributed by atoms with Gasteiger partial charge < -0.3 is 0 Å². The van der Waals surface area contributed by atoms with Crippen LogP contribution in [-0.2, 0) is 14.4 Å². The average molecular weight is 391 g/mol. The second-order valence-corrected chi connectivity index (χ2v) is 7.09. The van der Waals surface area contributed by atoms with E-state index in [0.717, 1.165) is 5.69 Å². The summed E-state index contributed by atoms with van der Waals surface area (Å²) >= 11 is 12.5. The molecule has 0 aliphatic carbocycles. The quantitative estimate of drug-likeness (QED) is 0.746. The maximum absolute atomic E-state index is 12.9. The van der Waals surface area contributed by atoms with Gasteiger partial charge in [-0.3, -0.25) is 19.3 Å². The number of para-hydroxylation sites is 1. The first-order valence-electron chi connectivity index (χ1n) is 8.34. The number of halogens is 2. The third kappa shape index (κ3) is 2.58. The van der Waals surface area contributed by atoms with Crippen LogP contribution >= 0.6 is 23.2 Å². The van der Waals surface area contributed by atoms with Crippen LogP contribution in [0.3, 0.4) is 0 Å². The van der Waals surface area contributed by atoms with Crippen molar-refractivity contribution in [2.45, 2.75) is 19.1 Å². The molecule has 0 spiro atoms. The average Bonchev–Trinajstić information content (AvgIpc) is 3.12. The minimum atomic E-state index is -0.848. The Hall–Kier alpha value is -2.08. The molecule has 0 radical (unpaired) electrons. The van der Waals surface area contributed by atoms with E-state index in [1.54, 1.807) is 30.2 Å². The van der Waals surface area contributed by atoms with Crippen LogP contribution in [0.25, 0.3) is 0 Å². The topological polar surface area (TPSA) is 49.9 Å². The highest BCUT2D eigenvalue weighted by Crippen LogP contribution is 2.48. The van der Waals surface area contributed by atoms with Gasteiger partial charge >= 0.3 is 0 Å². The normalized spacial score (nSPS) is 25.1. The van der Waals surface area contributed by atoms with Crippen molar-refractivity contribution >= 4 is 40.7 Å². The molecule has 2 aromatic rings. The molecule has 2 saturated heterocycles. The van der Waals surface area contributed by atoms with Crippen LogP contribution in [0.5, 0.6) is 0 Å². The molecule has 2 aliphatic heterocycles. The summed E-state index contributed by atoms with van der Waals surface area (Å²) in [6.07, 6.45) is -0.848. The van der Waals surface area contributed by atoms with Crippen molar-refractivity contribution in [1.29, 1.82) is 0 Å². The number of likely N-dealkylation sites (tertiary alicyclic amines) is 1. The summed E-state index contributed by atoms with van der Waals surface area (Å²) in [7, 11) is 0. The predicted molar refractivity (Wildman–Crippen MR) is 98.9 cm³/mol. The van der Waals surface area contributed by atoms with Gasteiger partial charge in [0.15, 0.2) is 6.10 Å². The second kappa shape index (κ2) is 6.58. The van der Waals surface area contributed by atoms with Crippen LogP contribution in [0.1, 0.15) is 18.5 Å². The zero-order chi connectivity index (χ0) is 18.4. The molecule has 2 fully saturated rings. The number of imide groups is 1. The Morgan fingerprint density at radius 1 is 1.04 bits per heavy atom. The summed E-state index contributed by atoms with van der Waals surface area (Å²) in [5.74, 6) is -1.20. The van der Waals surface area contributed by atoms with E-state index in [1.807, 2.05) is 30.3 Å². The van der Waals surface area contributed by atoms with Gasteiger partial charge in [0.1, 0.15) is 5.92 Å². The van der Waals surface area contributed by atoms with Crippen LogP contribution < -0.4 is 5.06 Å². The van der Waals surface area contributed by atoms with E-state index in [0.29, 0.717) is 22.2 Å². The lowest BCUT2D eigenvalue weighted by Gasteiger charge is -2.29. The lowest BCUT2D eigenvalue weighted by atomic mass is 9.90. The molecule has 0 bridgehead atoms. The Labute approximate surface area is 161 Å². The van der Waals surface area contributed by atoms with Crippen LogP contribution in [0.4, 0.5) is 5.69 Å². The van der Waals surface area contributed by atoms with Gasteiger partial charge in [0, 0.05) is 16.6 Å². The molecule has 2 aromatic carbocycles. The standard InChI is InChI=1S/C19H16Cl2N2O3/c1-2-22-18(24)15-16(13-9-8-11(20)10-14(13)21)23(26-17(15)19(22)25)12-6-4-3-5-7-12/h3-10,15-17H,2H2,1H3/t15-,16-,17-/m1/s1. The van der Waals surface area contributed by atoms with Crippen LogP contribution in [0.15, 0.2) is 48.5 Å². The third-order valence-corrected chi connectivity index (χ3v) is 5.38. The first-order chi connectivity index (χ1) is 12.5. The molecule has 2 amide bonds. The van der Waals surface area contributed by atoms with Crippen LogP contribution in [0, 0.1) is 5.92 Å². The number of anilines is 1. The molecule has 2 aliphatic rings.